The molecule has 2 aliphatic heterocycles. The zero-order valence-corrected chi connectivity index (χ0v) is 14.3. The maximum absolute atomic E-state index is 12.6. The second kappa shape index (κ2) is 7.34. The molecule has 0 aromatic carbocycles. The average molecular weight is 333 g/mol. The molecule has 2 fully saturated rings. The van der Waals surface area contributed by atoms with Crippen molar-refractivity contribution in [2.75, 3.05) is 32.7 Å². The van der Waals surface area contributed by atoms with Crippen LogP contribution in [0, 0.1) is 12.8 Å². The Balaban J connectivity index is 1.55. The van der Waals surface area contributed by atoms with Gasteiger partial charge in [0.15, 0.2) is 0 Å². The third-order valence-electron chi connectivity index (χ3n) is 5.18. The number of nitrogens with zero attached hydrogens (tertiary/aromatic N) is 3. The lowest BCUT2D eigenvalue weighted by Crippen LogP contribution is -2.48. The molecule has 0 unspecified atom stereocenters. The maximum Gasteiger partial charge on any atom is 0.236 e. The van der Waals surface area contributed by atoms with Crippen LogP contribution in [0.1, 0.15) is 43.0 Å². The molecule has 3 heterocycles. The third kappa shape index (κ3) is 3.95. The van der Waals surface area contributed by atoms with Crippen molar-refractivity contribution in [2.45, 2.75) is 38.5 Å². The van der Waals surface area contributed by atoms with Crippen LogP contribution in [0.25, 0.3) is 0 Å². The molecule has 0 aliphatic carbocycles. The highest BCUT2D eigenvalue weighted by Gasteiger charge is 2.29. The number of carbonyl (C=O) groups excluding carboxylic acids is 2. The Hall–Kier alpha value is -1.89. The van der Waals surface area contributed by atoms with E-state index >= 15 is 0 Å². The number of nitrogens with two attached hydrogens (primary N) is 1. The number of aryl methyl sites for hydroxylation is 1. The summed E-state index contributed by atoms with van der Waals surface area (Å²) in [5, 5.41) is 7.38. The molecule has 1 aromatic heterocycles. The van der Waals surface area contributed by atoms with Crippen LogP contribution in [0.4, 0.5) is 0 Å². The van der Waals surface area contributed by atoms with Gasteiger partial charge in [0.05, 0.1) is 18.2 Å². The summed E-state index contributed by atoms with van der Waals surface area (Å²) in [6.07, 6.45) is 3.84. The van der Waals surface area contributed by atoms with Crippen molar-refractivity contribution in [3.05, 3.63) is 17.5 Å². The Labute approximate surface area is 142 Å². The van der Waals surface area contributed by atoms with Gasteiger partial charge in [-0.2, -0.15) is 5.10 Å². The first-order chi connectivity index (χ1) is 11.5. The Bertz CT molecular complexity index is 600. The summed E-state index contributed by atoms with van der Waals surface area (Å²) < 4.78 is 0. The van der Waals surface area contributed by atoms with Crippen LogP contribution < -0.4 is 5.73 Å². The number of hydrogen-bond acceptors (Lipinski definition) is 4. The standard InChI is InChI=1S/C17H27N5O2/c1-12-8-15(20-19-12)13-4-2-6-21(9-13)11-16(23)22-7-3-5-14(10-22)17(18)24/h8,13-14H,2-7,9-11H2,1H3,(H2,18,24)(H,19,20)/t13-,14+/m0/s1. The number of H-pyrrole nitrogens is 1. The first-order valence-corrected chi connectivity index (χ1v) is 8.84. The number of aromatic amines is 1. The Morgan fingerprint density at radius 2 is 2.08 bits per heavy atom. The van der Waals surface area contributed by atoms with Crippen molar-refractivity contribution in [3.8, 4) is 0 Å². The average Bonchev–Trinajstić information content (AvgIpc) is 3.02. The van der Waals surface area contributed by atoms with E-state index in [2.05, 4.69) is 21.2 Å². The number of amides is 2. The van der Waals surface area contributed by atoms with Gasteiger partial charge in [-0.15, -0.1) is 0 Å². The van der Waals surface area contributed by atoms with Crippen molar-refractivity contribution in [3.63, 3.8) is 0 Å². The molecule has 132 valence electrons. The number of primary amides is 1. The number of nitrogens with one attached hydrogen (secondary N) is 1. The second-order valence-corrected chi connectivity index (χ2v) is 7.13. The van der Waals surface area contributed by atoms with Crippen LogP contribution >= 0.6 is 0 Å². The van der Waals surface area contributed by atoms with Crippen LogP contribution in [-0.2, 0) is 9.59 Å². The molecule has 0 spiro atoms. The lowest BCUT2D eigenvalue weighted by atomic mass is 9.94. The molecule has 0 bridgehead atoms. The van der Waals surface area contributed by atoms with Crippen LogP contribution in [-0.4, -0.2) is 64.5 Å². The first kappa shape index (κ1) is 17.0. The molecule has 0 radical (unpaired) electrons. The quantitative estimate of drug-likeness (QED) is 0.844. The molecule has 7 nitrogen and oxygen atoms in total. The summed E-state index contributed by atoms with van der Waals surface area (Å²) >= 11 is 0. The highest BCUT2D eigenvalue weighted by molar-refractivity contribution is 5.81. The molecular weight excluding hydrogens is 306 g/mol. The summed E-state index contributed by atoms with van der Waals surface area (Å²) in [5.74, 6) is 0.0132. The third-order valence-corrected chi connectivity index (χ3v) is 5.18. The first-order valence-electron chi connectivity index (χ1n) is 8.84. The fourth-order valence-electron chi connectivity index (χ4n) is 3.82. The molecule has 2 aliphatic rings. The lowest BCUT2D eigenvalue weighted by Gasteiger charge is -2.35. The van der Waals surface area contributed by atoms with Crippen molar-refractivity contribution in [2.24, 2.45) is 11.7 Å². The number of aromatic nitrogens is 2. The summed E-state index contributed by atoms with van der Waals surface area (Å²) in [6, 6.07) is 2.10. The van der Waals surface area contributed by atoms with E-state index in [9.17, 15) is 9.59 Å². The van der Waals surface area contributed by atoms with Gasteiger partial charge in [-0.25, -0.2) is 0 Å². The normalized spacial score (nSPS) is 25.6. The number of piperidine rings is 2. The van der Waals surface area contributed by atoms with Crippen molar-refractivity contribution >= 4 is 11.8 Å². The van der Waals surface area contributed by atoms with Gasteiger partial charge in [0.1, 0.15) is 0 Å². The van der Waals surface area contributed by atoms with Crippen molar-refractivity contribution < 1.29 is 9.59 Å². The molecule has 3 rings (SSSR count). The highest BCUT2D eigenvalue weighted by atomic mass is 16.2. The topological polar surface area (TPSA) is 95.3 Å². The molecule has 0 saturated carbocycles. The van der Waals surface area contributed by atoms with Gasteiger partial charge < -0.3 is 10.6 Å². The minimum absolute atomic E-state index is 0.111. The SMILES string of the molecule is Cc1cc([C@H]2CCCN(CC(=O)N3CCC[C@@H](C(N)=O)C3)C2)n[nH]1. The van der Waals surface area contributed by atoms with Gasteiger partial charge in [0.2, 0.25) is 11.8 Å². The van der Waals surface area contributed by atoms with Gasteiger partial charge in [0.25, 0.3) is 0 Å². The van der Waals surface area contributed by atoms with Crippen LogP contribution in [0.15, 0.2) is 6.07 Å². The van der Waals surface area contributed by atoms with E-state index in [1.54, 1.807) is 4.90 Å². The zero-order valence-electron chi connectivity index (χ0n) is 14.3. The molecular formula is C17H27N5O2. The van der Waals surface area contributed by atoms with E-state index in [0.717, 1.165) is 56.7 Å². The number of likely N-dealkylation sites (tertiary alicyclic amines) is 2. The van der Waals surface area contributed by atoms with Gasteiger partial charge in [-0.3, -0.25) is 19.6 Å². The summed E-state index contributed by atoms with van der Waals surface area (Å²) in [7, 11) is 0. The summed E-state index contributed by atoms with van der Waals surface area (Å²) in [5.41, 5.74) is 7.57. The van der Waals surface area contributed by atoms with Gasteiger partial charge >= 0.3 is 0 Å². The molecule has 2 amide bonds. The van der Waals surface area contributed by atoms with Gasteiger partial charge in [-0.05, 0) is 45.2 Å². The highest BCUT2D eigenvalue weighted by Crippen LogP contribution is 2.26. The van der Waals surface area contributed by atoms with E-state index < -0.39 is 0 Å². The Kier molecular flexibility index (Phi) is 5.18. The predicted molar refractivity (Wildman–Crippen MR) is 90.2 cm³/mol. The van der Waals surface area contributed by atoms with Crippen LogP contribution in [0.5, 0.6) is 0 Å². The van der Waals surface area contributed by atoms with Crippen molar-refractivity contribution in [1.29, 1.82) is 0 Å². The Morgan fingerprint density at radius 1 is 1.29 bits per heavy atom. The molecule has 24 heavy (non-hydrogen) atoms. The van der Waals surface area contributed by atoms with Crippen LogP contribution in [0.3, 0.4) is 0 Å². The lowest BCUT2D eigenvalue weighted by molar-refractivity contribution is -0.136. The molecule has 1 aromatic rings. The van der Waals surface area contributed by atoms with E-state index in [-0.39, 0.29) is 17.7 Å². The fraction of sp³-hybridized carbons (Fsp3) is 0.706. The van der Waals surface area contributed by atoms with Gasteiger partial charge in [-0.1, -0.05) is 0 Å². The molecule has 3 N–H and O–H groups in total. The van der Waals surface area contributed by atoms with E-state index in [1.165, 1.54) is 0 Å². The van der Waals surface area contributed by atoms with Gasteiger partial charge in [0, 0.05) is 31.2 Å². The molecule has 7 heteroatoms. The Morgan fingerprint density at radius 3 is 2.79 bits per heavy atom. The summed E-state index contributed by atoms with van der Waals surface area (Å²) in [4.78, 5) is 28.0. The number of hydrogen-bond donors (Lipinski definition) is 2. The minimum atomic E-state index is -0.292. The number of carbonyl (C=O) groups is 2. The smallest absolute Gasteiger partial charge is 0.236 e. The fourth-order valence-corrected chi connectivity index (χ4v) is 3.82. The van der Waals surface area contributed by atoms with E-state index in [1.807, 2.05) is 6.92 Å². The van der Waals surface area contributed by atoms with Crippen LogP contribution in [0.2, 0.25) is 0 Å². The number of rotatable bonds is 4. The summed E-state index contributed by atoms with van der Waals surface area (Å²) in [6.45, 7) is 5.45. The monoisotopic (exact) mass is 333 g/mol. The van der Waals surface area contributed by atoms with E-state index in [4.69, 9.17) is 5.73 Å². The predicted octanol–water partition coefficient (Wildman–Crippen LogP) is 0.621. The molecule has 2 atom stereocenters. The second-order valence-electron chi connectivity index (χ2n) is 7.13. The van der Waals surface area contributed by atoms with Crippen molar-refractivity contribution in [1.82, 2.24) is 20.0 Å². The molecule has 2 saturated heterocycles. The minimum Gasteiger partial charge on any atom is -0.369 e. The maximum atomic E-state index is 12.6. The largest absolute Gasteiger partial charge is 0.369 e. The van der Waals surface area contributed by atoms with E-state index in [0.29, 0.717) is 19.0 Å². The zero-order chi connectivity index (χ0) is 17.1.